The van der Waals surface area contributed by atoms with Crippen LogP contribution in [0, 0.1) is 0 Å². The van der Waals surface area contributed by atoms with E-state index in [1.807, 2.05) is 108 Å². The van der Waals surface area contributed by atoms with Gasteiger partial charge in [-0.1, -0.05) is 48.5 Å². The van der Waals surface area contributed by atoms with Gasteiger partial charge in [0.1, 0.15) is 23.1 Å². The number of phenols is 2. The number of hydrogen-bond acceptors (Lipinski definition) is 4. The van der Waals surface area contributed by atoms with Crippen molar-refractivity contribution >= 4 is 22.1 Å². The summed E-state index contributed by atoms with van der Waals surface area (Å²) in [7, 11) is 3.91. The second kappa shape index (κ2) is 10.1. The molecule has 6 nitrogen and oxygen atoms in total. The fourth-order valence-corrected chi connectivity index (χ4v) is 4.10. The Morgan fingerprint density at radius 1 is 0.514 bits per heavy atom. The largest absolute Gasteiger partial charge is 0.507 e. The number of phenolic OH excluding ortho intramolecular Hbond substituents is 2. The van der Waals surface area contributed by atoms with Crippen LogP contribution in [0.3, 0.4) is 0 Å². The zero-order chi connectivity index (χ0) is 23.7. The maximum absolute atomic E-state index is 9.86. The van der Waals surface area contributed by atoms with Gasteiger partial charge in [0.25, 0.3) is 0 Å². The second-order valence-electron chi connectivity index (χ2n) is 8.00. The Morgan fingerprint density at radius 3 is 1.23 bits per heavy atom. The predicted octanol–water partition coefficient (Wildman–Crippen LogP) is 5.89. The molecule has 0 saturated carbocycles. The number of hydrogen-bond donors (Lipinski definition) is 2. The Balaban J connectivity index is 0.000000160. The van der Waals surface area contributed by atoms with Crippen molar-refractivity contribution in [3.05, 3.63) is 97.1 Å². The first-order valence-corrected chi connectivity index (χ1v) is 10.9. The van der Waals surface area contributed by atoms with Crippen LogP contribution in [0.5, 0.6) is 11.5 Å². The van der Waals surface area contributed by atoms with Gasteiger partial charge in [-0.2, -0.15) is 0 Å². The predicted molar refractivity (Wildman–Crippen MR) is 136 cm³/mol. The molecule has 2 heterocycles. The third kappa shape index (κ3) is 4.55. The molecule has 6 aromatic rings. The third-order valence-corrected chi connectivity index (χ3v) is 5.86. The summed E-state index contributed by atoms with van der Waals surface area (Å²) in [5.74, 6) is 2.07. The second-order valence-corrected chi connectivity index (χ2v) is 8.00. The van der Waals surface area contributed by atoms with E-state index >= 15 is 0 Å². The molecule has 0 radical (unpaired) electrons. The number of aromatic hydroxyl groups is 2. The molecule has 0 spiro atoms. The number of fused-ring (bicyclic) bond motifs is 2. The van der Waals surface area contributed by atoms with Gasteiger partial charge in [0.2, 0.25) is 0 Å². The van der Waals surface area contributed by atoms with Gasteiger partial charge in [0.05, 0.1) is 33.2 Å². The molecule has 0 unspecified atom stereocenters. The number of aryl methyl sites for hydroxylation is 2. The van der Waals surface area contributed by atoms with Crippen molar-refractivity contribution < 1.29 is 29.7 Å². The molecule has 6 rings (SSSR count). The maximum atomic E-state index is 9.86. The van der Waals surface area contributed by atoms with Crippen molar-refractivity contribution in [2.75, 3.05) is 0 Å². The first-order valence-electron chi connectivity index (χ1n) is 10.9. The minimum absolute atomic E-state index is 0. The molecular formula is C28H24N4O2Zn. The van der Waals surface area contributed by atoms with Crippen LogP contribution in [0.4, 0.5) is 0 Å². The molecule has 0 aliphatic rings. The quantitative estimate of drug-likeness (QED) is 0.283. The number of aromatic nitrogens is 4. The Bertz CT molecular complexity index is 1500. The smallest absolute Gasteiger partial charge is 0.144 e. The Labute approximate surface area is 215 Å². The average Bonchev–Trinajstić information content (AvgIpc) is 3.37. The topological polar surface area (TPSA) is 76.1 Å². The molecule has 35 heavy (non-hydrogen) atoms. The van der Waals surface area contributed by atoms with E-state index in [-0.39, 0.29) is 31.0 Å². The first kappa shape index (κ1) is 24.2. The van der Waals surface area contributed by atoms with Crippen LogP contribution in [-0.4, -0.2) is 29.3 Å². The van der Waals surface area contributed by atoms with Crippen LogP contribution >= 0.6 is 0 Å². The van der Waals surface area contributed by atoms with E-state index in [2.05, 4.69) is 9.97 Å². The summed E-state index contributed by atoms with van der Waals surface area (Å²) in [4.78, 5) is 9.09. The molecule has 0 aliphatic carbocycles. The van der Waals surface area contributed by atoms with E-state index in [0.717, 1.165) is 44.8 Å². The van der Waals surface area contributed by atoms with Crippen LogP contribution in [0.15, 0.2) is 97.1 Å². The van der Waals surface area contributed by atoms with Crippen molar-refractivity contribution in [2.45, 2.75) is 0 Å². The van der Waals surface area contributed by atoms with Crippen LogP contribution < -0.4 is 0 Å². The van der Waals surface area contributed by atoms with E-state index in [1.54, 1.807) is 12.1 Å². The van der Waals surface area contributed by atoms with Gasteiger partial charge >= 0.3 is 0 Å². The monoisotopic (exact) mass is 512 g/mol. The van der Waals surface area contributed by atoms with Gasteiger partial charge in [-0.15, -0.1) is 0 Å². The summed E-state index contributed by atoms with van der Waals surface area (Å²) >= 11 is 0. The van der Waals surface area contributed by atoms with Crippen molar-refractivity contribution in [1.82, 2.24) is 19.1 Å². The Kier molecular flexibility index (Phi) is 6.99. The van der Waals surface area contributed by atoms with Crippen molar-refractivity contribution in [3.63, 3.8) is 0 Å². The summed E-state index contributed by atoms with van der Waals surface area (Å²) in [5.41, 5.74) is 5.51. The zero-order valence-corrected chi connectivity index (χ0v) is 22.6. The molecule has 2 aromatic heterocycles. The number of para-hydroxylation sites is 6. The fraction of sp³-hybridized carbons (Fsp3) is 0.0714. The van der Waals surface area contributed by atoms with Crippen LogP contribution in [-0.2, 0) is 33.6 Å². The van der Waals surface area contributed by atoms with E-state index in [4.69, 9.17) is 0 Å². The Hall–Kier alpha value is -3.96. The zero-order valence-electron chi connectivity index (χ0n) is 19.6. The van der Waals surface area contributed by atoms with Crippen LogP contribution in [0.2, 0.25) is 0 Å². The number of imidazole rings is 2. The number of nitrogens with zero attached hydrogens (tertiary/aromatic N) is 4. The molecule has 0 bridgehead atoms. The normalized spacial score (nSPS) is 10.6. The van der Waals surface area contributed by atoms with Gasteiger partial charge in [-0.05, 0) is 48.5 Å². The number of rotatable bonds is 2. The average molecular weight is 514 g/mol. The summed E-state index contributed by atoms with van der Waals surface area (Å²) in [5, 5.41) is 19.7. The van der Waals surface area contributed by atoms with Gasteiger partial charge in [-0.3, -0.25) is 0 Å². The molecule has 0 saturated heterocycles. The third-order valence-electron chi connectivity index (χ3n) is 5.86. The van der Waals surface area contributed by atoms with Gasteiger partial charge in [-0.25, -0.2) is 9.97 Å². The molecule has 2 N–H and O–H groups in total. The molecule has 170 valence electrons. The van der Waals surface area contributed by atoms with Gasteiger partial charge in [0, 0.05) is 33.6 Å². The minimum atomic E-state index is 0. The minimum Gasteiger partial charge on any atom is -0.507 e. The van der Waals surface area contributed by atoms with Crippen molar-refractivity contribution in [1.29, 1.82) is 0 Å². The molecule has 0 fully saturated rings. The maximum Gasteiger partial charge on any atom is 0.144 e. The molecule has 0 atom stereocenters. The van der Waals surface area contributed by atoms with E-state index < -0.39 is 0 Å². The van der Waals surface area contributed by atoms with E-state index in [1.165, 1.54) is 0 Å². The Morgan fingerprint density at radius 2 is 0.857 bits per heavy atom. The molecule has 7 heteroatoms. The van der Waals surface area contributed by atoms with E-state index in [9.17, 15) is 10.2 Å². The van der Waals surface area contributed by atoms with Crippen molar-refractivity contribution in [2.24, 2.45) is 14.1 Å². The summed E-state index contributed by atoms with van der Waals surface area (Å²) in [6.45, 7) is 0. The van der Waals surface area contributed by atoms with Crippen LogP contribution in [0.25, 0.3) is 44.8 Å². The van der Waals surface area contributed by atoms with Gasteiger partial charge < -0.3 is 19.3 Å². The molecule has 0 amide bonds. The van der Waals surface area contributed by atoms with Gasteiger partial charge in [0.15, 0.2) is 0 Å². The standard InChI is InChI=1S/2C14H12N2O.Zn/c2*1-16-12-8-4-3-7-11(12)15-14(16)10-6-2-5-9-13(10)17;/h2*2-9,17H,1H3;. The van der Waals surface area contributed by atoms with Crippen LogP contribution in [0.1, 0.15) is 0 Å². The summed E-state index contributed by atoms with van der Waals surface area (Å²) in [6, 6.07) is 30.4. The molecular weight excluding hydrogens is 490 g/mol. The summed E-state index contributed by atoms with van der Waals surface area (Å²) in [6.07, 6.45) is 0. The summed E-state index contributed by atoms with van der Waals surface area (Å²) < 4.78 is 3.98. The molecule has 0 aliphatic heterocycles. The SMILES string of the molecule is Cn1c(-c2ccccc2O)nc2ccccc21.Cn1c(-c2ccccc2O)nc2ccccc21.[Zn]. The fourth-order valence-electron chi connectivity index (χ4n) is 4.10. The number of benzene rings is 4. The first-order chi connectivity index (χ1) is 16.5. The van der Waals surface area contributed by atoms with Crippen molar-refractivity contribution in [3.8, 4) is 34.3 Å². The van der Waals surface area contributed by atoms with E-state index in [0.29, 0.717) is 0 Å². The molecule has 4 aromatic carbocycles.